The number of para-hydroxylation sites is 1. The maximum Gasteiger partial charge on any atom is 0.408 e. The number of carbonyl (C=O) groups excluding carboxylic acids is 2. The maximum absolute atomic E-state index is 12.1. The van der Waals surface area contributed by atoms with Gasteiger partial charge in [0, 0.05) is 11.5 Å². The Morgan fingerprint density at radius 1 is 1.12 bits per heavy atom. The molecular weight excluding hydrogens is 334 g/mol. The third-order valence-electron chi connectivity index (χ3n) is 3.82. The van der Waals surface area contributed by atoms with Gasteiger partial charge in [-0.2, -0.15) is 0 Å². The summed E-state index contributed by atoms with van der Waals surface area (Å²) in [7, 11) is 1.62. The smallest absolute Gasteiger partial charge is 0.408 e. The number of nitrogens with one attached hydrogen (secondary N) is 1. The second-order valence-electron chi connectivity index (χ2n) is 7.56. The van der Waals surface area contributed by atoms with Crippen molar-refractivity contribution in [2.45, 2.75) is 59.2 Å². The second-order valence-corrected chi connectivity index (χ2v) is 7.56. The molecule has 0 aromatic heterocycles. The fourth-order valence-electron chi connectivity index (χ4n) is 2.88. The summed E-state index contributed by atoms with van der Waals surface area (Å²) in [6, 6.07) is 7.71. The maximum atomic E-state index is 12.1. The number of benzene rings is 1. The van der Waals surface area contributed by atoms with Gasteiger partial charge >= 0.3 is 12.1 Å². The van der Waals surface area contributed by atoms with Gasteiger partial charge in [-0.25, -0.2) is 4.79 Å². The monoisotopic (exact) mass is 365 g/mol. The molecule has 1 aromatic rings. The first kappa shape index (κ1) is 21.8. The van der Waals surface area contributed by atoms with Gasteiger partial charge in [0.2, 0.25) is 0 Å². The molecule has 2 atom stereocenters. The molecule has 1 aromatic carbocycles. The number of methoxy groups -OCH3 is 1. The van der Waals surface area contributed by atoms with Crippen molar-refractivity contribution >= 4 is 12.1 Å². The summed E-state index contributed by atoms with van der Waals surface area (Å²) in [6.07, 6.45) is -1.02. The van der Waals surface area contributed by atoms with Crippen LogP contribution in [0.15, 0.2) is 24.3 Å². The summed E-state index contributed by atoms with van der Waals surface area (Å²) in [5.41, 5.74) is 0.374. The van der Waals surface area contributed by atoms with E-state index in [0.717, 1.165) is 11.3 Å². The van der Waals surface area contributed by atoms with Crippen LogP contribution in [0.2, 0.25) is 0 Å². The number of carbonyl (C=O) groups is 2. The van der Waals surface area contributed by atoms with Crippen LogP contribution < -0.4 is 10.1 Å². The van der Waals surface area contributed by atoms with Crippen molar-refractivity contribution in [3.8, 4) is 5.75 Å². The highest BCUT2D eigenvalue weighted by molar-refractivity contribution is 5.78. The molecule has 0 fully saturated rings. The largest absolute Gasteiger partial charge is 0.496 e. The third-order valence-corrected chi connectivity index (χ3v) is 3.82. The first-order valence-electron chi connectivity index (χ1n) is 8.84. The van der Waals surface area contributed by atoms with E-state index in [1.54, 1.807) is 27.9 Å². The highest BCUT2D eigenvalue weighted by Crippen LogP contribution is 2.35. The lowest BCUT2D eigenvalue weighted by atomic mass is 9.84. The van der Waals surface area contributed by atoms with Gasteiger partial charge in [0.25, 0.3) is 0 Å². The van der Waals surface area contributed by atoms with Crippen molar-refractivity contribution in [3.63, 3.8) is 0 Å². The number of amides is 1. The molecule has 0 aliphatic carbocycles. The van der Waals surface area contributed by atoms with Crippen molar-refractivity contribution in [1.82, 2.24) is 5.32 Å². The van der Waals surface area contributed by atoms with Gasteiger partial charge in [0.1, 0.15) is 24.0 Å². The van der Waals surface area contributed by atoms with E-state index in [4.69, 9.17) is 14.2 Å². The minimum absolute atomic E-state index is 0.0309. The van der Waals surface area contributed by atoms with Gasteiger partial charge in [-0.3, -0.25) is 4.79 Å². The third kappa shape index (κ3) is 6.94. The average Bonchev–Trinajstić information content (AvgIpc) is 2.51. The molecule has 146 valence electrons. The van der Waals surface area contributed by atoms with E-state index in [-0.39, 0.29) is 24.5 Å². The first-order chi connectivity index (χ1) is 12.0. The van der Waals surface area contributed by atoms with E-state index in [9.17, 15) is 9.59 Å². The molecule has 0 aliphatic heterocycles. The summed E-state index contributed by atoms with van der Waals surface area (Å²) in [5, 5.41) is 2.41. The Morgan fingerprint density at radius 2 is 1.73 bits per heavy atom. The molecule has 1 amide bonds. The molecule has 1 N–H and O–H groups in total. The zero-order chi connectivity index (χ0) is 19.9. The standard InChI is InChI=1S/C20H31NO5/c1-13(2)18(15-10-8-9-11-16(15)24-7)14(3)25-17(22)12-21-19(23)26-20(4,5)6/h8-11,13-14,18H,12H2,1-7H3,(H,21,23)/t14?,18-/m1/s1. The molecule has 0 aliphatic rings. The van der Waals surface area contributed by atoms with E-state index < -0.39 is 17.7 Å². The molecular formula is C20H31NO5. The number of esters is 1. The Kier molecular flexibility index (Phi) is 7.93. The highest BCUT2D eigenvalue weighted by Gasteiger charge is 2.28. The summed E-state index contributed by atoms with van der Waals surface area (Å²) >= 11 is 0. The number of hydrogen-bond donors (Lipinski definition) is 1. The zero-order valence-corrected chi connectivity index (χ0v) is 16.8. The van der Waals surface area contributed by atoms with Gasteiger partial charge < -0.3 is 19.5 Å². The van der Waals surface area contributed by atoms with Crippen molar-refractivity contribution in [3.05, 3.63) is 29.8 Å². The molecule has 1 unspecified atom stereocenters. The number of ether oxygens (including phenoxy) is 3. The van der Waals surface area contributed by atoms with Gasteiger partial charge in [0.05, 0.1) is 7.11 Å². The van der Waals surface area contributed by atoms with Crippen LogP contribution in [-0.2, 0) is 14.3 Å². The number of rotatable bonds is 7. The van der Waals surface area contributed by atoms with Crippen molar-refractivity contribution in [2.75, 3.05) is 13.7 Å². The van der Waals surface area contributed by atoms with Crippen LogP contribution >= 0.6 is 0 Å². The average molecular weight is 365 g/mol. The fourth-order valence-corrected chi connectivity index (χ4v) is 2.88. The minimum atomic E-state index is -0.646. The molecule has 0 heterocycles. The lowest BCUT2D eigenvalue weighted by molar-refractivity contribution is -0.148. The van der Waals surface area contributed by atoms with Gasteiger partial charge in [-0.05, 0) is 39.7 Å². The molecule has 0 bridgehead atoms. The van der Waals surface area contributed by atoms with Gasteiger partial charge in [-0.1, -0.05) is 32.0 Å². The molecule has 0 spiro atoms. The van der Waals surface area contributed by atoms with Crippen LogP contribution in [0.5, 0.6) is 5.75 Å². The Bertz CT molecular complexity index is 606. The molecule has 0 saturated carbocycles. The van der Waals surface area contributed by atoms with E-state index in [1.165, 1.54) is 0 Å². The predicted molar refractivity (Wildman–Crippen MR) is 100 cm³/mol. The first-order valence-corrected chi connectivity index (χ1v) is 8.84. The summed E-state index contributed by atoms with van der Waals surface area (Å²) in [5.74, 6) is 0.453. The van der Waals surface area contributed by atoms with Crippen LogP contribution in [0.3, 0.4) is 0 Å². The quantitative estimate of drug-likeness (QED) is 0.742. The van der Waals surface area contributed by atoms with Crippen LogP contribution in [0.1, 0.15) is 53.0 Å². The van der Waals surface area contributed by atoms with Crippen LogP contribution in [0, 0.1) is 5.92 Å². The molecule has 6 heteroatoms. The van der Waals surface area contributed by atoms with Gasteiger partial charge in [-0.15, -0.1) is 0 Å². The predicted octanol–water partition coefficient (Wildman–Crippen LogP) is 3.89. The zero-order valence-electron chi connectivity index (χ0n) is 16.8. The van der Waals surface area contributed by atoms with E-state index in [1.807, 2.05) is 31.2 Å². The SMILES string of the molecule is COc1ccccc1[C@H](C(C)C)C(C)OC(=O)CNC(=O)OC(C)(C)C. The summed E-state index contributed by atoms with van der Waals surface area (Å²) in [4.78, 5) is 23.8. The van der Waals surface area contributed by atoms with Crippen molar-refractivity contribution in [1.29, 1.82) is 0 Å². The van der Waals surface area contributed by atoms with Crippen molar-refractivity contribution < 1.29 is 23.8 Å². The van der Waals surface area contributed by atoms with E-state index >= 15 is 0 Å². The summed E-state index contributed by atoms with van der Waals surface area (Å²) < 4.78 is 16.1. The topological polar surface area (TPSA) is 73.9 Å². The fraction of sp³-hybridized carbons (Fsp3) is 0.600. The minimum Gasteiger partial charge on any atom is -0.496 e. The lowest BCUT2D eigenvalue weighted by Gasteiger charge is -2.29. The van der Waals surface area contributed by atoms with Gasteiger partial charge in [0.15, 0.2) is 0 Å². The van der Waals surface area contributed by atoms with Crippen LogP contribution in [0.4, 0.5) is 4.79 Å². The number of hydrogen-bond acceptors (Lipinski definition) is 5. The Labute approximate surface area is 156 Å². The number of alkyl carbamates (subject to hydrolysis) is 1. The molecule has 1 rings (SSSR count). The normalized spacial score (nSPS) is 13.7. The Hall–Kier alpha value is -2.24. The van der Waals surface area contributed by atoms with Crippen LogP contribution in [-0.4, -0.2) is 37.4 Å². The highest BCUT2D eigenvalue weighted by atomic mass is 16.6. The second kappa shape index (κ2) is 9.46. The molecule has 26 heavy (non-hydrogen) atoms. The summed E-state index contributed by atoms with van der Waals surface area (Å²) in [6.45, 7) is 11.0. The van der Waals surface area contributed by atoms with E-state index in [0.29, 0.717) is 0 Å². The Morgan fingerprint density at radius 3 is 2.27 bits per heavy atom. The van der Waals surface area contributed by atoms with Crippen LogP contribution in [0.25, 0.3) is 0 Å². The lowest BCUT2D eigenvalue weighted by Crippen LogP contribution is -2.37. The molecule has 6 nitrogen and oxygen atoms in total. The molecule has 0 saturated heterocycles. The Balaban J connectivity index is 2.72. The van der Waals surface area contributed by atoms with Crippen molar-refractivity contribution in [2.24, 2.45) is 5.92 Å². The van der Waals surface area contributed by atoms with E-state index in [2.05, 4.69) is 19.2 Å². The molecule has 0 radical (unpaired) electrons.